The molecule has 0 saturated heterocycles. The van der Waals surface area contributed by atoms with E-state index in [0.29, 0.717) is 19.3 Å². The lowest BCUT2D eigenvalue weighted by Crippen LogP contribution is -2.30. The highest BCUT2D eigenvalue weighted by molar-refractivity contribution is 7.47. The van der Waals surface area contributed by atoms with E-state index in [-0.39, 0.29) is 25.9 Å². The lowest BCUT2D eigenvalue weighted by molar-refractivity contribution is -0.161. The van der Waals surface area contributed by atoms with Crippen molar-refractivity contribution in [2.75, 3.05) is 26.4 Å². The summed E-state index contributed by atoms with van der Waals surface area (Å²) in [7, 11) is -4.73. The van der Waals surface area contributed by atoms with Crippen molar-refractivity contribution in [1.29, 1.82) is 0 Å². The summed E-state index contributed by atoms with van der Waals surface area (Å²) in [5.74, 6) is -1.43. The van der Waals surface area contributed by atoms with E-state index in [1.807, 2.05) is 0 Å². The van der Waals surface area contributed by atoms with Gasteiger partial charge in [-0.25, -0.2) is 4.57 Å². The number of ether oxygens (including phenoxy) is 3. The normalized spacial score (nSPS) is 13.3. The molecule has 3 atom stereocenters. The molecule has 2 N–H and O–H groups in total. The second kappa shape index (κ2) is 49.9. The van der Waals surface area contributed by atoms with Crippen molar-refractivity contribution in [2.24, 2.45) is 0 Å². The summed E-state index contributed by atoms with van der Waals surface area (Å²) in [4.78, 5) is 48.3. The molecule has 0 heterocycles. The van der Waals surface area contributed by atoms with Crippen LogP contribution in [0.3, 0.4) is 0 Å². The maximum atomic E-state index is 12.8. The predicted molar refractivity (Wildman–Crippen MR) is 270 cm³/mol. The zero-order valence-electron chi connectivity index (χ0n) is 43.2. The molecule has 0 aromatic heterocycles. The minimum Gasteiger partial charge on any atom is -0.462 e. The van der Waals surface area contributed by atoms with E-state index in [2.05, 4.69) is 20.8 Å². The molecule has 0 saturated carbocycles. The van der Waals surface area contributed by atoms with E-state index in [4.69, 9.17) is 23.3 Å². The Hall–Kier alpha value is -1.52. The molecule has 0 rings (SSSR count). The number of hydrogen-bond acceptors (Lipinski definition) is 10. The third-order valence-corrected chi connectivity index (χ3v) is 13.5. The van der Waals surface area contributed by atoms with Crippen molar-refractivity contribution in [3.05, 3.63) is 0 Å². The fourth-order valence-electron chi connectivity index (χ4n) is 8.24. The summed E-state index contributed by atoms with van der Waals surface area (Å²) in [5, 5.41) is 9.79. The predicted octanol–water partition coefficient (Wildman–Crippen LogP) is 15.9. The molecule has 0 aliphatic rings. The van der Waals surface area contributed by atoms with E-state index < -0.39 is 57.8 Å². The van der Waals surface area contributed by atoms with Gasteiger partial charge in [0.15, 0.2) is 6.10 Å². The Kier molecular flexibility index (Phi) is 48.7. The molecule has 0 bridgehead atoms. The molecule has 0 aliphatic carbocycles. The third kappa shape index (κ3) is 47.5. The molecule has 0 spiro atoms. The maximum absolute atomic E-state index is 12.8. The SMILES string of the molecule is CCCCCCCCCCCCCCCCCC(=O)OC(CO)COP(=O)(O)OCC(COC(=O)CCCCCCCCCCC)OC(=O)CCCCCCCCCCCCCCCCC. The minimum absolute atomic E-state index is 0.178. The number of carbonyl (C=O) groups excluding carboxylic acids is 3. The van der Waals surface area contributed by atoms with Crippen molar-refractivity contribution in [3.63, 3.8) is 0 Å². The molecule has 0 fully saturated rings. The Morgan fingerprint density at radius 1 is 0.364 bits per heavy atom. The Morgan fingerprint density at radius 2 is 0.606 bits per heavy atom. The van der Waals surface area contributed by atoms with Gasteiger partial charge in [0.25, 0.3) is 0 Å². The van der Waals surface area contributed by atoms with Gasteiger partial charge >= 0.3 is 25.7 Å². The number of hydrogen-bond donors (Lipinski definition) is 2. The number of phosphoric ester groups is 1. The van der Waals surface area contributed by atoms with Crippen LogP contribution in [0.2, 0.25) is 0 Å². The number of aliphatic hydroxyl groups is 1. The molecular weight excluding hydrogens is 856 g/mol. The van der Waals surface area contributed by atoms with Gasteiger partial charge in [-0.1, -0.05) is 252 Å². The molecule has 3 unspecified atom stereocenters. The number of unbranched alkanes of at least 4 members (excludes halogenated alkanes) is 36. The third-order valence-electron chi connectivity index (χ3n) is 12.5. The summed E-state index contributed by atoms with van der Waals surface area (Å²) < 4.78 is 39.4. The van der Waals surface area contributed by atoms with Gasteiger partial charge in [-0.2, -0.15) is 0 Å². The smallest absolute Gasteiger partial charge is 0.462 e. The molecule has 0 amide bonds. The average Bonchev–Trinajstić information content (AvgIpc) is 3.30. The van der Waals surface area contributed by atoms with Crippen LogP contribution in [-0.2, 0) is 42.2 Å². The standard InChI is InChI=1S/C54H105O11P/c1-4-7-10-13-16-19-21-23-25-27-29-32-35-38-41-44-53(57)64-50(46-55)48-62-66(59,60)63-49-51(47-61-52(56)43-40-37-34-31-18-15-12-9-6-3)65-54(58)45-42-39-36-33-30-28-26-24-22-20-17-14-11-8-5-2/h50-51,55H,4-49H2,1-3H3,(H,59,60). The first-order chi connectivity index (χ1) is 32.2. The topological polar surface area (TPSA) is 155 Å². The lowest BCUT2D eigenvalue weighted by Gasteiger charge is -2.21. The lowest BCUT2D eigenvalue weighted by atomic mass is 10.0. The fraction of sp³-hybridized carbons (Fsp3) is 0.944. The molecular formula is C54H105O11P. The number of esters is 3. The van der Waals surface area contributed by atoms with Crippen LogP contribution in [0, 0.1) is 0 Å². The van der Waals surface area contributed by atoms with Crippen molar-refractivity contribution in [3.8, 4) is 0 Å². The fourth-order valence-corrected chi connectivity index (χ4v) is 9.02. The van der Waals surface area contributed by atoms with Crippen LogP contribution in [0.5, 0.6) is 0 Å². The molecule has 0 aliphatic heterocycles. The molecule has 12 heteroatoms. The van der Waals surface area contributed by atoms with Crippen LogP contribution in [0.1, 0.15) is 290 Å². The monoisotopic (exact) mass is 961 g/mol. The van der Waals surface area contributed by atoms with Crippen molar-refractivity contribution in [1.82, 2.24) is 0 Å². The van der Waals surface area contributed by atoms with E-state index in [1.54, 1.807) is 0 Å². The number of phosphoric acid groups is 1. The van der Waals surface area contributed by atoms with Crippen LogP contribution < -0.4 is 0 Å². The van der Waals surface area contributed by atoms with Crippen LogP contribution in [-0.4, -0.2) is 66.5 Å². The molecule has 392 valence electrons. The van der Waals surface area contributed by atoms with Gasteiger partial charge in [-0.15, -0.1) is 0 Å². The minimum atomic E-state index is -4.73. The zero-order valence-corrected chi connectivity index (χ0v) is 44.1. The van der Waals surface area contributed by atoms with Crippen molar-refractivity contribution >= 4 is 25.7 Å². The molecule has 0 aromatic rings. The van der Waals surface area contributed by atoms with Crippen molar-refractivity contribution < 1.29 is 52.2 Å². The zero-order chi connectivity index (χ0) is 48.4. The van der Waals surface area contributed by atoms with E-state index in [0.717, 1.165) is 57.8 Å². The number of carbonyl (C=O) groups is 3. The van der Waals surface area contributed by atoms with Gasteiger partial charge in [-0.3, -0.25) is 23.4 Å². The van der Waals surface area contributed by atoms with Crippen molar-refractivity contribution in [2.45, 2.75) is 303 Å². The molecule has 0 aromatic carbocycles. The Balaban J connectivity index is 4.59. The summed E-state index contributed by atoms with van der Waals surface area (Å²) in [6, 6.07) is 0. The van der Waals surface area contributed by atoms with Gasteiger partial charge in [0.1, 0.15) is 12.7 Å². The highest BCUT2D eigenvalue weighted by atomic mass is 31.2. The van der Waals surface area contributed by atoms with Crippen LogP contribution in [0.15, 0.2) is 0 Å². The summed E-state index contributed by atoms with van der Waals surface area (Å²) >= 11 is 0. The Bertz CT molecular complexity index is 1120. The van der Waals surface area contributed by atoms with Gasteiger partial charge < -0.3 is 24.2 Å². The van der Waals surface area contributed by atoms with E-state index >= 15 is 0 Å². The number of aliphatic hydroxyl groups excluding tert-OH is 1. The van der Waals surface area contributed by atoms with Gasteiger partial charge in [0.2, 0.25) is 0 Å². The quantitative estimate of drug-likeness (QED) is 0.0259. The van der Waals surface area contributed by atoms with Crippen LogP contribution >= 0.6 is 7.82 Å². The van der Waals surface area contributed by atoms with Gasteiger partial charge in [-0.05, 0) is 19.3 Å². The molecule has 0 radical (unpaired) electrons. The summed E-state index contributed by atoms with van der Waals surface area (Å²) in [6.07, 6.45) is 45.0. The van der Waals surface area contributed by atoms with Gasteiger partial charge in [0.05, 0.1) is 19.8 Å². The largest absolute Gasteiger partial charge is 0.472 e. The first kappa shape index (κ1) is 64.5. The van der Waals surface area contributed by atoms with E-state index in [1.165, 1.54) is 173 Å². The first-order valence-electron chi connectivity index (χ1n) is 27.9. The Morgan fingerprint density at radius 3 is 0.894 bits per heavy atom. The summed E-state index contributed by atoms with van der Waals surface area (Å²) in [6.45, 7) is 4.68. The van der Waals surface area contributed by atoms with Crippen LogP contribution in [0.25, 0.3) is 0 Å². The Labute approximate surface area is 405 Å². The number of rotatable bonds is 53. The highest BCUT2D eigenvalue weighted by Gasteiger charge is 2.28. The maximum Gasteiger partial charge on any atom is 0.472 e. The molecule has 11 nitrogen and oxygen atoms in total. The molecule has 66 heavy (non-hydrogen) atoms. The van der Waals surface area contributed by atoms with E-state index in [9.17, 15) is 28.9 Å². The average molecular weight is 961 g/mol. The second-order valence-corrected chi connectivity index (χ2v) is 20.6. The first-order valence-corrected chi connectivity index (χ1v) is 29.4. The highest BCUT2D eigenvalue weighted by Crippen LogP contribution is 2.43. The second-order valence-electron chi connectivity index (χ2n) is 19.1. The van der Waals surface area contributed by atoms with Gasteiger partial charge in [0, 0.05) is 19.3 Å². The summed E-state index contributed by atoms with van der Waals surface area (Å²) in [5.41, 5.74) is 0. The van der Waals surface area contributed by atoms with Crippen LogP contribution in [0.4, 0.5) is 0 Å².